The first kappa shape index (κ1) is 19.3. The van der Waals surface area contributed by atoms with E-state index in [0.717, 1.165) is 40.3 Å². The predicted molar refractivity (Wildman–Crippen MR) is 112 cm³/mol. The van der Waals surface area contributed by atoms with Crippen molar-refractivity contribution in [2.75, 3.05) is 45.3 Å². The molecule has 0 unspecified atom stereocenters. The van der Waals surface area contributed by atoms with Crippen LogP contribution in [0.25, 0.3) is 6.08 Å². The summed E-state index contributed by atoms with van der Waals surface area (Å²) in [5, 5.41) is 0. The topological polar surface area (TPSA) is 42.0 Å². The molecule has 0 radical (unpaired) electrons. The molecule has 1 aliphatic rings. The zero-order valence-corrected chi connectivity index (χ0v) is 17.1. The van der Waals surface area contributed by atoms with Crippen LogP contribution in [-0.2, 0) is 4.79 Å². The zero-order chi connectivity index (χ0) is 19.2. The minimum Gasteiger partial charge on any atom is -0.497 e. The van der Waals surface area contributed by atoms with Crippen molar-refractivity contribution in [2.45, 2.75) is 0 Å². The Morgan fingerprint density at radius 3 is 2.30 bits per heavy atom. The van der Waals surface area contributed by atoms with Crippen molar-refractivity contribution in [1.29, 1.82) is 0 Å². The Hall–Kier alpha value is -2.47. The third-order valence-electron chi connectivity index (χ3n) is 4.62. The molecule has 0 spiro atoms. The van der Waals surface area contributed by atoms with Gasteiger partial charge >= 0.3 is 0 Å². The Balaban J connectivity index is 1.55. The van der Waals surface area contributed by atoms with Gasteiger partial charge in [-0.2, -0.15) is 0 Å². The lowest BCUT2D eigenvalue weighted by atomic mass is 10.2. The molecule has 0 saturated carbocycles. The van der Waals surface area contributed by atoms with Gasteiger partial charge in [0.2, 0.25) is 5.91 Å². The van der Waals surface area contributed by atoms with Gasteiger partial charge in [0.05, 0.1) is 18.7 Å². The van der Waals surface area contributed by atoms with Crippen molar-refractivity contribution in [3.05, 3.63) is 58.6 Å². The Labute approximate surface area is 168 Å². The molecule has 1 fully saturated rings. The molecule has 1 amide bonds. The standard InChI is InChI=1S/C21H23BrN2O3/c1-26-18-7-5-17(6-8-18)23-11-13-24(14-12-23)21(25)10-4-16-3-9-20(27-2)19(22)15-16/h3-10,15H,11-14H2,1-2H3/b10-4+. The number of methoxy groups -OCH3 is 2. The van der Waals surface area contributed by atoms with Gasteiger partial charge in [0.1, 0.15) is 11.5 Å². The second-order valence-electron chi connectivity index (χ2n) is 6.24. The van der Waals surface area contributed by atoms with E-state index in [1.165, 1.54) is 0 Å². The van der Waals surface area contributed by atoms with E-state index in [0.29, 0.717) is 13.1 Å². The molecular weight excluding hydrogens is 408 g/mol. The van der Waals surface area contributed by atoms with Crippen LogP contribution in [0.3, 0.4) is 0 Å². The maximum Gasteiger partial charge on any atom is 0.246 e. The van der Waals surface area contributed by atoms with Gasteiger partial charge in [-0.25, -0.2) is 0 Å². The molecule has 5 nitrogen and oxygen atoms in total. The number of anilines is 1. The van der Waals surface area contributed by atoms with Crippen molar-refractivity contribution in [3.8, 4) is 11.5 Å². The summed E-state index contributed by atoms with van der Waals surface area (Å²) in [7, 11) is 3.29. The number of halogens is 1. The number of benzene rings is 2. The molecule has 0 aromatic heterocycles. The number of carbonyl (C=O) groups is 1. The number of piperazine rings is 1. The average molecular weight is 431 g/mol. The summed E-state index contributed by atoms with van der Waals surface area (Å²) in [5.41, 5.74) is 2.11. The highest BCUT2D eigenvalue weighted by Crippen LogP contribution is 2.26. The number of carbonyl (C=O) groups excluding carboxylic acids is 1. The van der Waals surface area contributed by atoms with Crippen LogP contribution >= 0.6 is 15.9 Å². The van der Waals surface area contributed by atoms with Crippen LogP contribution in [0.15, 0.2) is 53.0 Å². The van der Waals surface area contributed by atoms with Crippen LogP contribution in [-0.4, -0.2) is 51.2 Å². The summed E-state index contributed by atoms with van der Waals surface area (Å²) in [6.07, 6.45) is 3.47. The Kier molecular flexibility index (Phi) is 6.40. The van der Waals surface area contributed by atoms with Crippen molar-refractivity contribution >= 4 is 33.6 Å². The van der Waals surface area contributed by atoms with E-state index >= 15 is 0 Å². The van der Waals surface area contributed by atoms with Crippen LogP contribution in [0.4, 0.5) is 5.69 Å². The molecule has 1 saturated heterocycles. The summed E-state index contributed by atoms with van der Waals surface area (Å²) in [6, 6.07) is 13.8. The van der Waals surface area contributed by atoms with E-state index in [1.54, 1.807) is 20.3 Å². The van der Waals surface area contributed by atoms with Gasteiger partial charge in [-0.05, 0) is 64.0 Å². The minimum absolute atomic E-state index is 0.0383. The lowest BCUT2D eigenvalue weighted by Gasteiger charge is -2.35. The molecule has 6 heteroatoms. The maximum atomic E-state index is 12.5. The zero-order valence-electron chi connectivity index (χ0n) is 15.5. The van der Waals surface area contributed by atoms with Crippen LogP contribution < -0.4 is 14.4 Å². The van der Waals surface area contributed by atoms with Crippen LogP contribution in [0.2, 0.25) is 0 Å². The van der Waals surface area contributed by atoms with E-state index in [2.05, 4.69) is 33.0 Å². The van der Waals surface area contributed by atoms with Crippen molar-refractivity contribution < 1.29 is 14.3 Å². The summed E-state index contributed by atoms with van der Waals surface area (Å²) in [6.45, 7) is 3.06. The quantitative estimate of drug-likeness (QED) is 0.675. The van der Waals surface area contributed by atoms with E-state index in [1.807, 2.05) is 41.3 Å². The summed E-state index contributed by atoms with van der Waals surface area (Å²) >= 11 is 3.46. The maximum absolute atomic E-state index is 12.5. The van der Waals surface area contributed by atoms with Gasteiger partial charge in [-0.3, -0.25) is 4.79 Å². The van der Waals surface area contributed by atoms with Crippen molar-refractivity contribution in [3.63, 3.8) is 0 Å². The first-order chi connectivity index (χ1) is 13.1. The molecule has 3 rings (SSSR count). The van der Waals surface area contributed by atoms with Crippen molar-refractivity contribution in [1.82, 2.24) is 4.90 Å². The molecule has 0 aliphatic carbocycles. The van der Waals surface area contributed by atoms with Gasteiger partial charge in [-0.1, -0.05) is 6.07 Å². The highest BCUT2D eigenvalue weighted by atomic mass is 79.9. The van der Waals surface area contributed by atoms with E-state index in [-0.39, 0.29) is 5.91 Å². The number of nitrogens with zero attached hydrogens (tertiary/aromatic N) is 2. The molecule has 27 heavy (non-hydrogen) atoms. The Bertz CT molecular complexity index is 813. The highest BCUT2D eigenvalue weighted by molar-refractivity contribution is 9.10. The summed E-state index contributed by atoms with van der Waals surface area (Å²) < 4.78 is 11.3. The second-order valence-corrected chi connectivity index (χ2v) is 7.09. The summed E-state index contributed by atoms with van der Waals surface area (Å²) in [5.74, 6) is 1.66. The Morgan fingerprint density at radius 1 is 1.00 bits per heavy atom. The largest absolute Gasteiger partial charge is 0.497 e. The fourth-order valence-electron chi connectivity index (χ4n) is 3.04. The molecule has 2 aromatic carbocycles. The second kappa shape index (κ2) is 8.95. The van der Waals surface area contributed by atoms with Crippen molar-refractivity contribution in [2.24, 2.45) is 0 Å². The first-order valence-corrected chi connectivity index (χ1v) is 9.59. The highest BCUT2D eigenvalue weighted by Gasteiger charge is 2.19. The summed E-state index contributed by atoms with van der Waals surface area (Å²) in [4.78, 5) is 16.6. The van der Waals surface area contributed by atoms with E-state index in [9.17, 15) is 4.79 Å². The fourth-order valence-corrected chi connectivity index (χ4v) is 3.60. The van der Waals surface area contributed by atoms with E-state index in [4.69, 9.17) is 9.47 Å². The molecule has 2 aromatic rings. The number of rotatable bonds is 5. The molecular formula is C21H23BrN2O3. The third-order valence-corrected chi connectivity index (χ3v) is 5.24. The molecule has 142 valence electrons. The van der Waals surface area contributed by atoms with Crippen LogP contribution in [0.1, 0.15) is 5.56 Å². The lowest BCUT2D eigenvalue weighted by molar-refractivity contribution is -0.126. The minimum atomic E-state index is 0.0383. The molecule has 0 atom stereocenters. The Morgan fingerprint density at radius 2 is 1.70 bits per heavy atom. The third kappa shape index (κ3) is 4.83. The molecule has 0 N–H and O–H groups in total. The monoisotopic (exact) mass is 430 g/mol. The lowest BCUT2D eigenvalue weighted by Crippen LogP contribution is -2.48. The average Bonchev–Trinajstić information content (AvgIpc) is 2.72. The smallest absolute Gasteiger partial charge is 0.246 e. The van der Waals surface area contributed by atoms with E-state index < -0.39 is 0 Å². The van der Waals surface area contributed by atoms with Gasteiger partial charge in [-0.15, -0.1) is 0 Å². The first-order valence-electron chi connectivity index (χ1n) is 8.80. The SMILES string of the molecule is COc1ccc(N2CCN(C(=O)/C=C/c3ccc(OC)c(Br)c3)CC2)cc1. The predicted octanol–water partition coefficient (Wildman–Crippen LogP) is 3.83. The van der Waals surface area contributed by atoms with Crippen LogP contribution in [0, 0.1) is 0 Å². The van der Waals surface area contributed by atoms with Gasteiger partial charge in [0.25, 0.3) is 0 Å². The number of amides is 1. The van der Waals surface area contributed by atoms with Gasteiger partial charge < -0.3 is 19.3 Å². The number of hydrogen-bond acceptors (Lipinski definition) is 4. The van der Waals surface area contributed by atoms with Gasteiger partial charge in [0.15, 0.2) is 0 Å². The molecule has 0 bridgehead atoms. The van der Waals surface area contributed by atoms with Gasteiger partial charge in [0, 0.05) is 37.9 Å². The number of ether oxygens (including phenoxy) is 2. The number of hydrogen-bond donors (Lipinski definition) is 0. The molecule has 1 heterocycles. The van der Waals surface area contributed by atoms with Crippen LogP contribution in [0.5, 0.6) is 11.5 Å². The fraction of sp³-hybridized carbons (Fsp3) is 0.286. The normalized spacial score (nSPS) is 14.5. The molecule has 1 aliphatic heterocycles.